The highest BCUT2D eigenvalue weighted by molar-refractivity contribution is 6.15. The van der Waals surface area contributed by atoms with Crippen LogP contribution in [0.5, 0.6) is 0 Å². The molecule has 330 valence electrons. The Hall–Kier alpha value is -8.92. The van der Waals surface area contributed by atoms with E-state index in [-0.39, 0.29) is 5.41 Å². The standard InChI is InChI=1S/C67H46N2O/c1-67(2)57-31-11-5-25-50(57)51-38-37-44(42-58(51)67)48-24-6-12-32-59(48)69(62-35-15-7-26-52(62)49-30-18-20-43-19-3-4-23-47(43)49)63-40-39-56-55-29-10-16-36-64(55)70-66(56)65(63)45-21-17-22-46(41-45)68-60-33-13-8-27-53(60)54-28-9-14-34-61(54)68/h3-42H,1-2H3. The van der Waals surface area contributed by atoms with E-state index in [2.05, 4.69) is 266 Å². The van der Waals surface area contributed by atoms with Gasteiger partial charge < -0.3 is 13.9 Å². The second-order valence-electron chi connectivity index (χ2n) is 19.2. The molecule has 0 atom stereocenters. The minimum atomic E-state index is -0.154. The lowest BCUT2D eigenvalue weighted by atomic mass is 9.81. The Morgan fingerprint density at radius 3 is 1.76 bits per heavy atom. The zero-order valence-corrected chi connectivity index (χ0v) is 38.9. The van der Waals surface area contributed by atoms with Crippen molar-refractivity contribution in [1.29, 1.82) is 0 Å². The van der Waals surface area contributed by atoms with E-state index in [9.17, 15) is 0 Å². The van der Waals surface area contributed by atoms with E-state index in [0.29, 0.717) is 0 Å². The molecule has 1 aliphatic rings. The molecule has 13 aromatic rings. The normalized spacial score (nSPS) is 12.8. The van der Waals surface area contributed by atoms with Crippen LogP contribution in [0.1, 0.15) is 25.0 Å². The second kappa shape index (κ2) is 15.6. The third-order valence-electron chi connectivity index (χ3n) is 15.0. The van der Waals surface area contributed by atoms with Gasteiger partial charge in [-0.2, -0.15) is 0 Å². The molecule has 70 heavy (non-hydrogen) atoms. The Morgan fingerprint density at radius 2 is 0.957 bits per heavy atom. The Morgan fingerprint density at radius 1 is 0.371 bits per heavy atom. The van der Waals surface area contributed by atoms with Crippen LogP contribution in [0.25, 0.3) is 105 Å². The maximum atomic E-state index is 7.13. The van der Waals surface area contributed by atoms with Crippen LogP contribution in [0.2, 0.25) is 0 Å². The molecule has 0 spiro atoms. The van der Waals surface area contributed by atoms with Crippen molar-refractivity contribution in [2.45, 2.75) is 19.3 Å². The van der Waals surface area contributed by atoms with Crippen LogP contribution in [-0.2, 0) is 5.41 Å². The fourth-order valence-electron chi connectivity index (χ4n) is 11.8. The van der Waals surface area contributed by atoms with Crippen molar-refractivity contribution in [3.8, 4) is 50.2 Å². The average molecular weight is 895 g/mol. The van der Waals surface area contributed by atoms with Gasteiger partial charge in [0.1, 0.15) is 11.2 Å². The van der Waals surface area contributed by atoms with Crippen molar-refractivity contribution < 1.29 is 4.42 Å². The minimum Gasteiger partial charge on any atom is -0.455 e. The lowest BCUT2D eigenvalue weighted by molar-refractivity contribution is 0.660. The summed E-state index contributed by atoms with van der Waals surface area (Å²) in [5.41, 5.74) is 20.1. The molecule has 0 fully saturated rings. The molecule has 2 heterocycles. The van der Waals surface area contributed by atoms with E-state index in [0.717, 1.165) is 66.9 Å². The van der Waals surface area contributed by atoms with Crippen molar-refractivity contribution in [2.24, 2.45) is 0 Å². The minimum absolute atomic E-state index is 0.154. The van der Waals surface area contributed by atoms with Crippen molar-refractivity contribution in [2.75, 3.05) is 4.90 Å². The Bertz CT molecular complexity index is 4180. The summed E-state index contributed by atoms with van der Waals surface area (Å²) >= 11 is 0. The van der Waals surface area contributed by atoms with Gasteiger partial charge in [-0.05, 0) is 110 Å². The van der Waals surface area contributed by atoms with Gasteiger partial charge in [0, 0.05) is 49.3 Å². The molecular formula is C67H46N2O. The highest BCUT2D eigenvalue weighted by Gasteiger charge is 2.36. The number of furan rings is 1. The second-order valence-corrected chi connectivity index (χ2v) is 19.2. The predicted molar refractivity (Wildman–Crippen MR) is 294 cm³/mol. The number of fused-ring (bicyclic) bond motifs is 10. The van der Waals surface area contributed by atoms with Gasteiger partial charge in [-0.1, -0.05) is 196 Å². The van der Waals surface area contributed by atoms with Crippen LogP contribution in [0.4, 0.5) is 17.1 Å². The van der Waals surface area contributed by atoms with Crippen molar-refractivity contribution >= 4 is 71.6 Å². The zero-order chi connectivity index (χ0) is 46.5. The molecule has 3 heteroatoms. The molecule has 0 aliphatic heterocycles. The van der Waals surface area contributed by atoms with Crippen molar-refractivity contribution in [3.63, 3.8) is 0 Å². The van der Waals surface area contributed by atoms with E-state index < -0.39 is 0 Å². The highest BCUT2D eigenvalue weighted by Crippen LogP contribution is 2.54. The number of anilines is 3. The van der Waals surface area contributed by atoms with Crippen LogP contribution >= 0.6 is 0 Å². The molecule has 3 nitrogen and oxygen atoms in total. The maximum Gasteiger partial charge on any atom is 0.145 e. The first-order valence-electron chi connectivity index (χ1n) is 24.3. The van der Waals surface area contributed by atoms with Crippen LogP contribution in [0.15, 0.2) is 247 Å². The summed E-state index contributed by atoms with van der Waals surface area (Å²) in [5.74, 6) is 0. The van der Waals surface area contributed by atoms with Crippen LogP contribution in [0, 0.1) is 0 Å². The lowest BCUT2D eigenvalue weighted by Gasteiger charge is -2.32. The molecule has 1 aliphatic carbocycles. The fraction of sp³-hybridized carbons (Fsp3) is 0.0448. The summed E-state index contributed by atoms with van der Waals surface area (Å²) in [7, 11) is 0. The summed E-state index contributed by atoms with van der Waals surface area (Å²) in [4.78, 5) is 2.51. The lowest BCUT2D eigenvalue weighted by Crippen LogP contribution is -2.15. The molecule has 2 aromatic heterocycles. The monoisotopic (exact) mass is 894 g/mol. The maximum absolute atomic E-state index is 7.13. The molecule has 0 radical (unpaired) electrons. The van der Waals surface area contributed by atoms with E-state index >= 15 is 0 Å². The summed E-state index contributed by atoms with van der Waals surface area (Å²) in [6, 6.07) is 88.8. The third kappa shape index (κ3) is 6.01. The first-order chi connectivity index (χ1) is 34.5. The molecule has 0 bridgehead atoms. The van der Waals surface area contributed by atoms with Gasteiger partial charge in [0.25, 0.3) is 0 Å². The number of hydrogen-bond acceptors (Lipinski definition) is 2. The van der Waals surface area contributed by atoms with Gasteiger partial charge in [0.05, 0.1) is 28.1 Å². The van der Waals surface area contributed by atoms with Gasteiger partial charge >= 0.3 is 0 Å². The van der Waals surface area contributed by atoms with E-state index in [1.165, 1.54) is 66.0 Å². The Kier molecular flexibility index (Phi) is 8.93. The van der Waals surface area contributed by atoms with Crippen LogP contribution in [-0.4, -0.2) is 4.57 Å². The number of para-hydroxylation sites is 5. The quantitative estimate of drug-likeness (QED) is 0.159. The van der Waals surface area contributed by atoms with E-state index in [1.807, 2.05) is 0 Å². The van der Waals surface area contributed by atoms with E-state index in [4.69, 9.17) is 4.42 Å². The molecule has 11 aromatic carbocycles. The SMILES string of the molecule is CC1(C)c2ccccc2-c2ccc(-c3ccccc3N(c3ccccc3-c3cccc4ccccc34)c3ccc4c(oc5ccccc54)c3-c3cccc(-n4c5ccccc5c5ccccc54)c3)cc21. The van der Waals surface area contributed by atoms with Gasteiger partial charge in [-0.25, -0.2) is 0 Å². The summed E-state index contributed by atoms with van der Waals surface area (Å²) in [6.45, 7) is 4.73. The zero-order valence-electron chi connectivity index (χ0n) is 38.9. The van der Waals surface area contributed by atoms with Gasteiger partial charge in [-0.3, -0.25) is 0 Å². The molecular weight excluding hydrogens is 849 g/mol. The van der Waals surface area contributed by atoms with Crippen LogP contribution < -0.4 is 4.90 Å². The van der Waals surface area contributed by atoms with Gasteiger partial charge in [0.2, 0.25) is 0 Å². The number of rotatable bonds is 7. The average Bonchev–Trinajstić information content (AvgIpc) is 4.04. The molecule has 0 N–H and O–H groups in total. The highest BCUT2D eigenvalue weighted by atomic mass is 16.3. The smallest absolute Gasteiger partial charge is 0.145 e. The van der Waals surface area contributed by atoms with Crippen molar-refractivity contribution in [3.05, 3.63) is 254 Å². The largest absolute Gasteiger partial charge is 0.455 e. The molecule has 0 amide bonds. The summed E-state index contributed by atoms with van der Waals surface area (Å²) in [5, 5.41) is 7.04. The van der Waals surface area contributed by atoms with Gasteiger partial charge in [-0.15, -0.1) is 0 Å². The first kappa shape index (κ1) is 40.2. The van der Waals surface area contributed by atoms with E-state index in [1.54, 1.807) is 0 Å². The van der Waals surface area contributed by atoms with Gasteiger partial charge in [0.15, 0.2) is 0 Å². The number of hydrogen-bond donors (Lipinski definition) is 0. The van der Waals surface area contributed by atoms with Crippen molar-refractivity contribution in [1.82, 2.24) is 4.57 Å². The molecule has 0 saturated carbocycles. The molecule has 14 rings (SSSR count). The first-order valence-corrected chi connectivity index (χ1v) is 24.3. The summed E-state index contributed by atoms with van der Waals surface area (Å²) in [6.07, 6.45) is 0. The number of nitrogens with zero attached hydrogens (tertiary/aromatic N) is 2. The predicted octanol–water partition coefficient (Wildman–Crippen LogP) is 18.6. The Balaban J connectivity index is 1.07. The van der Waals surface area contributed by atoms with Crippen LogP contribution in [0.3, 0.4) is 0 Å². The third-order valence-corrected chi connectivity index (χ3v) is 15.0. The Labute approximate surface area is 406 Å². The number of benzene rings is 11. The fourth-order valence-corrected chi connectivity index (χ4v) is 11.8. The number of aromatic nitrogens is 1. The molecule has 0 saturated heterocycles. The summed E-state index contributed by atoms with van der Waals surface area (Å²) < 4.78 is 9.54. The topological polar surface area (TPSA) is 21.3 Å². The molecule has 0 unspecified atom stereocenters.